The fraction of sp³-hybridized carbons (Fsp3) is 0.314. The van der Waals surface area contributed by atoms with E-state index in [1.165, 1.54) is 33.1 Å². The first-order chi connectivity index (χ1) is 34.8. The third-order valence-electron chi connectivity index (χ3n) is 12.5. The Morgan fingerprint density at radius 3 is 2.26 bits per heavy atom. The minimum atomic E-state index is -0.838. The number of nitrogens with two attached hydrogens (primary N) is 1. The molecule has 3 atom stereocenters. The molecule has 1 saturated heterocycles. The standard InChI is InChI=1S/C51H57N13O9/c1-27(2)44(52)48(68)54-29(4)46(66)55-31-11-12-37-30(17-31)13-14-63(37)51(71)39-19-33(25-61(39)6)56-47(67)38-18-32(24-60(38)5)57-49(69)45-59-42(26-62(45)7)58-43(65)10-9-15-73-41-21-36-35(20-40(41)72-8)50(70)64-23-28(3)16-34(64)22-53-36/h11-14,17-22,24-27,29,34,44H,3,9-10,15-16,23,52H2,1-2,4-8H3,(H,54,68)(H,55,66)(H,56,67)(H,57,69)(H,58,65)/t29-,34-,44-/m0/s1. The highest BCUT2D eigenvalue weighted by Gasteiger charge is 2.34. The highest BCUT2D eigenvalue weighted by atomic mass is 16.5. The molecular weight excluding hydrogens is 939 g/mol. The minimum Gasteiger partial charge on any atom is -0.493 e. The molecule has 8 rings (SSSR count). The molecule has 0 bridgehead atoms. The number of methoxy groups -OCH3 is 1. The fourth-order valence-electron chi connectivity index (χ4n) is 8.50. The van der Waals surface area contributed by atoms with Gasteiger partial charge in [-0.1, -0.05) is 26.0 Å². The summed E-state index contributed by atoms with van der Waals surface area (Å²) >= 11 is 0. The zero-order chi connectivity index (χ0) is 52.4. The average molecular weight is 996 g/mol. The van der Waals surface area contributed by atoms with Gasteiger partial charge in [-0.15, -0.1) is 0 Å². The Kier molecular flexibility index (Phi) is 14.5. The van der Waals surface area contributed by atoms with E-state index in [9.17, 15) is 33.6 Å². The topological polar surface area (TPSA) is 272 Å². The normalized spacial score (nSPS) is 14.8. The Labute approximate surface area is 419 Å². The molecule has 380 valence electrons. The van der Waals surface area contributed by atoms with Crippen LogP contribution in [0.4, 0.5) is 28.6 Å². The number of carbonyl (C=O) groups is 7. The van der Waals surface area contributed by atoms with E-state index >= 15 is 0 Å². The van der Waals surface area contributed by atoms with Crippen LogP contribution >= 0.6 is 0 Å². The second-order valence-corrected chi connectivity index (χ2v) is 18.4. The van der Waals surface area contributed by atoms with E-state index < -0.39 is 35.7 Å². The van der Waals surface area contributed by atoms with E-state index in [0.717, 1.165) is 5.57 Å². The van der Waals surface area contributed by atoms with Crippen LogP contribution in [0.5, 0.6) is 11.5 Å². The van der Waals surface area contributed by atoms with Crippen LogP contribution in [-0.4, -0.2) is 114 Å². The first-order valence-electron chi connectivity index (χ1n) is 23.5. The number of hydrogen-bond donors (Lipinski definition) is 6. The zero-order valence-corrected chi connectivity index (χ0v) is 41.4. The summed E-state index contributed by atoms with van der Waals surface area (Å²) in [6.07, 6.45) is 9.10. The zero-order valence-electron chi connectivity index (χ0n) is 41.4. The first kappa shape index (κ1) is 50.6. The van der Waals surface area contributed by atoms with Crippen molar-refractivity contribution in [2.45, 2.75) is 58.2 Å². The van der Waals surface area contributed by atoms with Crippen LogP contribution < -0.4 is 41.8 Å². The Morgan fingerprint density at radius 2 is 1.53 bits per heavy atom. The molecule has 0 unspecified atom stereocenters. The number of aryl methyl sites for hydroxylation is 3. The van der Waals surface area contributed by atoms with Gasteiger partial charge >= 0.3 is 0 Å². The summed E-state index contributed by atoms with van der Waals surface area (Å²) in [6.45, 7) is 9.85. The van der Waals surface area contributed by atoms with Crippen molar-refractivity contribution in [2.24, 2.45) is 37.8 Å². The SMILES string of the molecule is C=C1C[C@H]2C=Nc3cc(OCCCC(=O)Nc4cn(C)c(C(=O)Nc5cc(C(=O)Nc6cc(C(=O)n7ccc8cc(NC(=O)[C@H](C)NC(=O)[C@@H](N)C(C)C)ccc87)n(C)c6)n(C)c5)n4)c(OC)cc3C(=O)N2C1. The molecule has 6 amide bonds. The highest BCUT2D eigenvalue weighted by molar-refractivity contribution is 6.08. The number of aliphatic imine (C=N–C) groups is 1. The number of imidazole rings is 1. The molecule has 73 heavy (non-hydrogen) atoms. The summed E-state index contributed by atoms with van der Waals surface area (Å²) in [6, 6.07) is 11.4. The van der Waals surface area contributed by atoms with Crippen molar-refractivity contribution in [2.75, 3.05) is 41.5 Å². The number of fused-ring (bicyclic) bond motifs is 3. The molecule has 6 aromatic rings. The molecule has 2 aliphatic heterocycles. The molecule has 0 aliphatic carbocycles. The van der Waals surface area contributed by atoms with Gasteiger partial charge in [0.15, 0.2) is 17.3 Å². The molecule has 4 aromatic heterocycles. The van der Waals surface area contributed by atoms with Gasteiger partial charge in [0.25, 0.3) is 23.6 Å². The third kappa shape index (κ3) is 10.9. The summed E-state index contributed by atoms with van der Waals surface area (Å²) in [5.74, 6) is -2.01. The number of benzene rings is 2. The van der Waals surface area contributed by atoms with Gasteiger partial charge in [-0.2, -0.15) is 0 Å². The van der Waals surface area contributed by atoms with E-state index in [1.807, 2.05) is 13.8 Å². The van der Waals surface area contributed by atoms with Crippen molar-refractivity contribution in [3.8, 4) is 11.5 Å². The number of nitrogens with one attached hydrogen (secondary N) is 5. The molecule has 22 heteroatoms. The van der Waals surface area contributed by atoms with Gasteiger partial charge in [-0.3, -0.25) is 43.1 Å². The number of carbonyl (C=O) groups excluding carboxylic acids is 7. The Morgan fingerprint density at radius 1 is 0.822 bits per heavy atom. The lowest BCUT2D eigenvalue weighted by atomic mass is 10.0. The van der Waals surface area contributed by atoms with Crippen LogP contribution in [0.3, 0.4) is 0 Å². The predicted octanol–water partition coefficient (Wildman–Crippen LogP) is 4.96. The lowest BCUT2D eigenvalue weighted by Gasteiger charge is -2.20. The average Bonchev–Trinajstić information content (AvgIpc) is 4.18. The summed E-state index contributed by atoms with van der Waals surface area (Å²) in [5, 5.41) is 14.4. The fourth-order valence-corrected chi connectivity index (χ4v) is 8.50. The van der Waals surface area contributed by atoms with Crippen LogP contribution in [0.1, 0.15) is 82.0 Å². The van der Waals surface area contributed by atoms with E-state index in [0.29, 0.717) is 70.1 Å². The second kappa shape index (κ2) is 20.9. The number of hydrogen-bond acceptors (Lipinski definition) is 12. The first-order valence-corrected chi connectivity index (χ1v) is 23.5. The Bertz CT molecular complexity index is 3250. The molecule has 6 heterocycles. The summed E-state index contributed by atoms with van der Waals surface area (Å²) in [7, 11) is 6.40. The van der Waals surface area contributed by atoms with Crippen molar-refractivity contribution in [1.29, 1.82) is 0 Å². The monoisotopic (exact) mass is 995 g/mol. The van der Waals surface area contributed by atoms with Gasteiger partial charge in [0.1, 0.15) is 17.4 Å². The van der Waals surface area contributed by atoms with Crippen molar-refractivity contribution in [3.05, 3.63) is 108 Å². The molecule has 0 radical (unpaired) electrons. The van der Waals surface area contributed by atoms with Gasteiger partial charge < -0.3 is 60.4 Å². The second-order valence-electron chi connectivity index (χ2n) is 18.4. The van der Waals surface area contributed by atoms with Crippen LogP contribution in [0.2, 0.25) is 0 Å². The van der Waals surface area contributed by atoms with E-state index in [4.69, 9.17) is 15.2 Å². The summed E-state index contributed by atoms with van der Waals surface area (Å²) in [5.41, 5.74) is 9.94. The van der Waals surface area contributed by atoms with E-state index in [2.05, 4.69) is 43.1 Å². The molecule has 2 aromatic carbocycles. The minimum absolute atomic E-state index is 0.000696. The van der Waals surface area contributed by atoms with Crippen LogP contribution in [-0.2, 0) is 35.5 Å². The van der Waals surface area contributed by atoms with Gasteiger partial charge in [0, 0.05) is 82.3 Å². The van der Waals surface area contributed by atoms with Crippen molar-refractivity contribution < 1.29 is 43.0 Å². The third-order valence-corrected chi connectivity index (χ3v) is 12.5. The van der Waals surface area contributed by atoms with Crippen molar-refractivity contribution >= 4 is 87.0 Å². The maximum atomic E-state index is 13.8. The number of rotatable bonds is 17. The molecule has 0 spiro atoms. The van der Waals surface area contributed by atoms with Gasteiger partial charge in [0.05, 0.1) is 53.9 Å². The van der Waals surface area contributed by atoms with Crippen LogP contribution in [0, 0.1) is 5.92 Å². The summed E-state index contributed by atoms with van der Waals surface area (Å²) in [4.78, 5) is 103. The molecule has 2 aliphatic rings. The molecule has 22 nitrogen and oxygen atoms in total. The van der Waals surface area contributed by atoms with E-state index in [1.54, 1.807) is 105 Å². The van der Waals surface area contributed by atoms with Crippen molar-refractivity contribution in [3.63, 3.8) is 0 Å². The number of amides is 6. The largest absolute Gasteiger partial charge is 0.493 e. The Balaban J connectivity index is 0.821. The Hall–Kier alpha value is -8.79. The van der Waals surface area contributed by atoms with E-state index in [-0.39, 0.29) is 65.7 Å². The van der Waals surface area contributed by atoms with Gasteiger partial charge in [-0.05, 0) is 68.1 Å². The van der Waals surface area contributed by atoms with Gasteiger partial charge in [0.2, 0.25) is 23.5 Å². The maximum absolute atomic E-state index is 13.8. The number of anilines is 4. The lowest BCUT2D eigenvalue weighted by Crippen LogP contribution is -2.50. The quantitative estimate of drug-likeness (QED) is 0.0525. The molecule has 7 N–H and O–H groups in total. The van der Waals surface area contributed by atoms with Crippen molar-refractivity contribution in [1.82, 2.24) is 33.5 Å². The number of ether oxygens (including phenoxy) is 2. The summed E-state index contributed by atoms with van der Waals surface area (Å²) < 4.78 is 17.5. The predicted molar refractivity (Wildman–Crippen MR) is 274 cm³/mol. The van der Waals surface area contributed by atoms with Crippen LogP contribution in [0.25, 0.3) is 10.9 Å². The highest BCUT2D eigenvalue weighted by Crippen LogP contribution is 2.38. The van der Waals surface area contributed by atoms with Crippen LogP contribution in [0.15, 0.2) is 90.5 Å². The molecule has 1 fully saturated rings. The molecule has 0 saturated carbocycles. The number of nitrogens with zero attached hydrogens (tertiary/aromatic N) is 7. The lowest BCUT2D eigenvalue weighted by molar-refractivity contribution is -0.127. The molecular formula is C51H57N13O9. The maximum Gasteiger partial charge on any atom is 0.291 e. The smallest absolute Gasteiger partial charge is 0.291 e. The van der Waals surface area contributed by atoms with Gasteiger partial charge in [-0.25, -0.2) is 4.98 Å². The number of aromatic nitrogens is 5.